The van der Waals surface area contributed by atoms with Crippen molar-refractivity contribution in [2.24, 2.45) is 0 Å². The number of phenols is 1. The van der Waals surface area contributed by atoms with Crippen molar-refractivity contribution in [3.63, 3.8) is 0 Å². The van der Waals surface area contributed by atoms with Gasteiger partial charge in [0.05, 0.1) is 7.11 Å². The highest BCUT2D eigenvalue weighted by molar-refractivity contribution is 5.94. The molecular formula is C19H22N4O4. The highest BCUT2D eigenvalue weighted by Gasteiger charge is 2.24. The van der Waals surface area contributed by atoms with Crippen LogP contribution in [-0.4, -0.2) is 65.1 Å². The number of rotatable bonds is 4. The predicted octanol–water partition coefficient (Wildman–Crippen LogP) is 1.46. The number of benzene rings is 1. The average Bonchev–Trinajstić information content (AvgIpc) is 2.72. The smallest absolute Gasteiger partial charge is 0.317 e. The molecule has 142 valence electrons. The Morgan fingerprint density at radius 3 is 2.44 bits per heavy atom. The van der Waals surface area contributed by atoms with Gasteiger partial charge in [-0.15, -0.1) is 0 Å². The van der Waals surface area contributed by atoms with E-state index in [1.807, 2.05) is 6.07 Å². The third-order valence-electron chi connectivity index (χ3n) is 4.42. The van der Waals surface area contributed by atoms with E-state index in [0.29, 0.717) is 44.2 Å². The maximum absolute atomic E-state index is 12.5. The summed E-state index contributed by atoms with van der Waals surface area (Å²) in [4.78, 5) is 32.3. The van der Waals surface area contributed by atoms with Gasteiger partial charge in [0.25, 0.3) is 5.91 Å². The fraction of sp³-hybridized carbons (Fsp3) is 0.316. The molecule has 1 fully saturated rings. The first-order valence-electron chi connectivity index (χ1n) is 8.67. The lowest BCUT2D eigenvalue weighted by atomic mass is 10.1. The molecule has 8 heteroatoms. The number of amides is 3. The summed E-state index contributed by atoms with van der Waals surface area (Å²) in [5.41, 5.74) is 1.42. The van der Waals surface area contributed by atoms with E-state index in [9.17, 15) is 14.7 Å². The standard InChI is InChI=1S/C19H22N4O4/c1-27-17-12-14(6-7-20-17)13-21-19(26)23-10-8-22(9-11-23)18(25)15-2-4-16(24)5-3-15/h2-7,12,24H,8-11,13H2,1H3,(H,21,26). The zero-order chi connectivity index (χ0) is 19.2. The number of urea groups is 1. The van der Waals surface area contributed by atoms with E-state index in [2.05, 4.69) is 10.3 Å². The lowest BCUT2D eigenvalue weighted by Gasteiger charge is -2.34. The molecule has 1 aromatic heterocycles. The number of aromatic nitrogens is 1. The van der Waals surface area contributed by atoms with Crippen LogP contribution in [0.5, 0.6) is 11.6 Å². The molecule has 3 amide bonds. The molecule has 2 aromatic rings. The topological polar surface area (TPSA) is 95.0 Å². The van der Waals surface area contributed by atoms with Gasteiger partial charge >= 0.3 is 6.03 Å². The van der Waals surface area contributed by atoms with Gasteiger partial charge < -0.3 is 25.0 Å². The third kappa shape index (κ3) is 4.66. The van der Waals surface area contributed by atoms with Gasteiger partial charge in [0.15, 0.2) is 0 Å². The minimum absolute atomic E-state index is 0.0982. The fourth-order valence-corrected chi connectivity index (χ4v) is 2.86. The molecule has 3 rings (SSSR count). The zero-order valence-corrected chi connectivity index (χ0v) is 15.1. The molecule has 0 spiro atoms. The molecule has 2 N–H and O–H groups in total. The fourth-order valence-electron chi connectivity index (χ4n) is 2.86. The van der Waals surface area contributed by atoms with Gasteiger partial charge in [-0.25, -0.2) is 9.78 Å². The predicted molar refractivity (Wildman–Crippen MR) is 98.6 cm³/mol. The van der Waals surface area contributed by atoms with E-state index < -0.39 is 0 Å². The summed E-state index contributed by atoms with van der Waals surface area (Å²) < 4.78 is 5.07. The second-order valence-electron chi connectivity index (χ2n) is 6.19. The quantitative estimate of drug-likeness (QED) is 0.850. The zero-order valence-electron chi connectivity index (χ0n) is 15.1. The molecular weight excluding hydrogens is 348 g/mol. The number of aromatic hydroxyl groups is 1. The van der Waals surface area contributed by atoms with E-state index in [1.54, 1.807) is 41.3 Å². The highest BCUT2D eigenvalue weighted by Crippen LogP contribution is 2.14. The molecule has 1 aromatic carbocycles. The van der Waals surface area contributed by atoms with Crippen molar-refractivity contribution < 1.29 is 19.4 Å². The van der Waals surface area contributed by atoms with Gasteiger partial charge in [-0.3, -0.25) is 4.79 Å². The lowest BCUT2D eigenvalue weighted by Crippen LogP contribution is -2.53. The number of hydrogen-bond acceptors (Lipinski definition) is 5. The molecule has 1 aliphatic heterocycles. The summed E-state index contributed by atoms with van der Waals surface area (Å²) in [5, 5.41) is 12.2. The SMILES string of the molecule is COc1cc(CNC(=O)N2CCN(C(=O)c3ccc(O)cc3)CC2)ccn1. The van der Waals surface area contributed by atoms with Crippen LogP contribution >= 0.6 is 0 Å². The second-order valence-corrected chi connectivity index (χ2v) is 6.19. The van der Waals surface area contributed by atoms with Gasteiger partial charge in [0.1, 0.15) is 5.75 Å². The number of carbonyl (C=O) groups excluding carboxylic acids is 2. The molecule has 8 nitrogen and oxygen atoms in total. The van der Waals surface area contributed by atoms with Crippen LogP contribution in [0.4, 0.5) is 4.79 Å². The Labute approximate surface area is 157 Å². The van der Waals surface area contributed by atoms with Crippen LogP contribution in [0.3, 0.4) is 0 Å². The number of nitrogens with zero attached hydrogens (tertiary/aromatic N) is 3. The van der Waals surface area contributed by atoms with Crippen molar-refractivity contribution >= 4 is 11.9 Å². The molecule has 0 atom stereocenters. The Hall–Kier alpha value is -3.29. The van der Waals surface area contributed by atoms with Gasteiger partial charge in [-0.1, -0.05) is 0 Å². The Bertz CT molecular complexity index is 802. The number of piperazine rings is 1. The molecule has 0 bridgehead atoms. The monoisotopic (exact) mass is 370 g/mol. The van der Waals surface area contributed by atoms with Gasteiger partial charge in [-0.2, -0.15) is 0 Å². The van der Waals surface area contributed by atoms with Crippen LogP contribution in [0, 0.1) is 0 Å². The normalized spacial score (nSPS) is 14.0. The number of pyridine rings is 1. The van der Waals surface area contributed by atoms with E-state index in [-0.39, 0.29) is 17.7 Å². The molecule has 1 saturated heterocycles. The number of phenolic OH excluding ortho intramolecular Hbond substituents is 1. The molecule has 0 aliphatic carbocycles. The summed E-state index contributed by atoms with van der Waals surface area (Å²) in [6.45, 7) is 2.25. The molecule has 0 unspecified atom stereocenters. The number of carbonyl (C=O) groups is 2. The average molecular weight is 370 g/mol. The largest absolute Gasteiger partial charge is 0.508 e. The first kappa shape index (κ1) is 18.5. The van der Waals surface area contributed by atoms with Crippen molar-refractivity contribution in [1.29, 1.82) is 0 Å². The van der Waals surface area contributed by atoms with Crippen molar-refractivity contribution in [1.82, 2.24) is 20.1 Å². The van der Waals surface area contributed by atoms with Crippen molar-refractivity contribution in [2.75, 3.05) is 33.3 Å². The first-order chi connectivity index (χ1) is 13.1. The van der Waals surface area contributed by atoms with Crippen molar-refractivity contribution in [2.45, 2.75) is 6.54 Å². The van der Waals surface area contributed by atoms with Gasteiger partial charge in [0, 0.05) is 50.6 Å². The van der Waals surface area contributed by atoms with E-state index in [1.165, 1.54) is 12.1 Å². The Morgan fingerprint density at radius 1 is 1.11 bits per heavy atom. The van der Waals surface area contributed by atoms with Crippen molar-refractivity contribution in [3.05, 3.63) is 53.7 Å². The van der Waals surface area contributed by atoms with Crippen molar-refractivity contribution in [3.8, 4) is 11.6 Å². The Balaban J connectivity index is 1.48. The molecule has 1 aliphatic rings. The van der Waals surface area contributed by atoms with Crippen LogP contribution in [-0.2, 0) is 6.54 Å². The third-order valence-corrected chi connectivity index (χ3v) is 4.42. The second kappa shape index (κ2) is 8.39. The minimum atomic E-state index is -0.164. The summed E-state index contributed by atoms with van der Waals surface area (Å²) >= 11 is 0. The first-order valence-corrected chi connectivity index (χ1v) is 8.67. The summed E-state index contributed by atoms with van der Waals surface area (Å²) in [5.74, 6) is 0.530. The lowest BCUT2D eigenvalue weighted by molar-refractivity contribution is 0.0665. The van der Waals surface area contributed by atoms with Gasteiger partial charge in [-0.05, 0) is 35.9 Å². The van der Waals surface area contributed by atoms with E-state index in [0.717, 1.165) is 5.56 Å². The van der Waals surface area contributed by atoms with E-state index in [4.69, 9.17) is 4.74 Å². The van der Waals surface area contributed by atoms with E-state index >= 15 is 0 Å². The number of nitrogens with one attached hydrogen (secondary N) is 1. The van der Waals surface area contributed by atoms with Gasteiger partial charge in [0.2, 0.25) is 5.88 Å². The molecule has 0 radical (unpaired) electrons. The Morgan fingerprint density at radius 2 is 1.78 bits per heavy atom. The summed E-state index contributed by atoms with van der Waals surface area (Å²) in [6, 6.07) is 9.60. The minimum Gasteiger partial charge on any atom is -0.508 e. The summed E-state index contributed by atoms with van der Waals surface area (Å²) in [6.07, 6.45) is 1.63. The maximum Gasteiger partial charge on any atom is 0.317 e. The van der Waals surface area contributed by atoms with Crippen LogP contribution in [0.2, 0.25) is 0 Å². The Kier molecular flexibility index (Phi) is 5.75. The number of methoxy groups -OCH3 is 1. The highest BCUT2D eigenvalue weighted by atomic mass is 16.5. The summed E-state index contributed by atoms with van der Waals surface area (Å²) in [7, 11) is 1.55. The van der Waals surface area contributed by atoms with Crippen LogP contribution in [0.1, 0.15) is 15.9 Å². The van der Waals surface area contributed by atoms with Crippen LogP contribution in [0.25, 0.3) is 0 Å². The molecule has 27 heavy (non-hydrogen) atoms. The van der Waals surface area contributed by atoms with Crippen LogP contribution in [0.15, 0.2) is 42.6 Å². The maximum atomic E-state index is 12.5. The molecule has 0 saturated carbocycles. The number of ether oxygens (including phenoxy) is 1. The number of hydrogen-bond donors (Lipinski definition) is 2. The molecule has 2 heterocycles. The van der Waals surface area contributed by atoms with Crippen LogP contribution < -0.4 is 10.1 Å².